The van der Waals surface area contributed by atoms with Crippen LogP contribution in [0.25, 0.3) is 0 Å². The number of carbonyl (C=O) groups is 2. The van der Waals surface area contributed by atoms with Gasteiger partial charge >= 0.3 is 0 Å². The van der Waals surface area contributed by atoms with Crippen molar-refractivity contribution >= 4 is 46.8 Å². The summed E-state index contributed by atoms with van der Waals surface area (Å²) >= 11 is 13.8. The third-order valence-corrected chi connectivity index (χ3v) is 6.95. The second-order valence-corrected chi connectivity index (χ2v) is 11.2. The van der Waals surface area contributed by atoms with Crippen LogP contribution in [0.15, 0.2) is 83.8 Å². The first-order valence-electron chi connectivity index (χ1n) is 11.4. The highest BCUT2D eigenvalue weighted by atomic mass is 35.5. The minimum Gasteiger partial charge on any atom is -0.350 e. The summed E-state index contributed by atoms with van der Waals surface area (Å²) in [5.74, 6) is -0.117. The van der Waals surface area contributed by atoms with Gasteiger partial charge in [-0.25, -0.2) is 0 Å². The zero-order valence-electron chi connectivity index (χ0n) is 20.1. The summed E-state index contributed by atoms with van der Waals surface area (Å²) in [5, 5.41) is 3.92. The van der Waals surface area contributed by atoms with E-state index in [1.165, 1.54) is 11.8 Å². The zero-order valence-corrected chi connectivity index (χ0v) is 22.5. The predicted octanol–water partition coefficient (Wildman–Crippen LogP) is 6.64. The Morgan fingerprint density at radius 3 is 2.11 bits per heavy atom. The zero-order chi connectivity index (χ0) is 25.4. The number of thioether (sulfide) groups is 1. The van der Waals surface area contributed by atoms with Gasteiger partial charge in [-0.2, -0.15) is 0 Å². The number of carbonyl (C=O) groups excluding carboxylic acids is 2. The number of benzene rings is 3. The summed E-state index contributed by atoms with van der Waals surface area (Å²) in [7, 11) is 0. The van der Waals surface area contributed by atoms with Gasteiger partial charge in [-0.05, 0) is 56.2 Å². The summed E-state index contributed by atoms with van der Waals surface area (Å²) in [6, 6.07) is 24.1. The molecule has 1 N–H and O–H groups in total. The van der Waals surface area contributed by atoms with Crippen molar-refractivity contribution in [1.29, 1.82) is 0 Å². The van der Waals surface area contributed by atoms with Crippen molar-refractivity contribution in [1.82, 2.24) is 10.2 Å². The molecule has 2 amide bonds. The van der Waals surface area contributed by atoms with Gasteiger partial charge in [0, 0.05) is 23.4 Å². The molecule has 0 aromatic heterocycles. The molecule has 0 spiro atoms. The number of hydrogen-bond acceptors (Lipinski definition) is 3. The second kappa shape index (κ2) is 12.5. The smallest absolute Gasteiger partial charge is 0.243 e. The highest BCUT2D eigenvalue weighted by molar-refractivity contribution is 8.00. The van der Waals surface area contributed by atoms with Crippen LogP contribution in [0.2, 0.25) is 10.0 Å². The Bertz CT molecular complexity index is 1130. The monoisotopic (exact) mass is 528 g/mol. The molecule has 0 radical (unpaired) electrons. The van der Waals surface area contributed by atoms with E-state index in [0.29, 0.717) is 16.5 Å². The van der Waals surface area contributed by atoms with E-state index in [4.69, 9.17) is 23.2 Å². The van der Waals surface area contributed by atoms with Crippen molar-refractivity contribution in [3.8, 4) is 0 Å². The molecule has 0 fully saturated rings. The lowest BCUT2D eigenvalue weighted by Crippen LogP contribution is -2.54. The van der Waals surface area contributed by atoms with Gasteiger partial charge in [-0.3, -0.25) is 9.59 Å². The van der Waals surface area contributed by atoms with Crippen molar-refractivity contribution in [2.75, 3.05) is 5.75 Å². The Kier molecular flexibility index (Phi) is 9.67. The molecule has 184 valence electrons. The van der Waals surface area contributed by atoms with Gasteiger partial charge < -0.3 is 10.2 Å². The molecule has 3 rings (SSSR count). The molecular formula is C28H30Cl2N2O2S. The molecule has 1 atom stereocenters. The predicted molar refractivity (Wildman–Crippen MR) is 146 cm³/mol. The van der Waals surface area contributed by atoms with E-state index in [9.17, 15) is 9.59 Å². The molecule has 3 aromatic carbocycles. The third kappa shape index (κ3) is 8.60. The van der Waals surface area contributed by atoms with Gasteiger partial charge in [0.25, 0.3) is 0 Å². The minimum atomic E-state index is -0.699. The summed E-state index contributed by atoms with van der Waals surface area (Å²) in [4.78, 5) is 29.8. The topological polar surface area (TPSA) is 49.4 Å². The first-order chi connectivity index (χ1) is 16.6. The average Bonchev–Trinajstić information content (AvgIpc) is 2.82. The van der Waals surface area contributed by atoms with Crippen LogP contribution >= 0.6 is 35.0 Å². The Morgan fingerprint density at radius 2 is 1.51 bits per heavy atom. The highest BCUT2D eigenvalue weighted by Crippen LogP contribution is 2.25. The highest BCUT2D eigenvalue weighted by Gasteiger charge is 2.32. The van der Waals surface area contributed by atoms with Crippen LogP contribution in [0, 0.1) is 0 Å². The van der Waals surface area contributed by atoms with Gasteiger partial charge in [-0.15, -0.1) is 11.8 Å². The summed E-state index contributed by atoms with van der Waals surface area (Å²) in [6.07, 6.45) is 0.395. The first kappa shape index (κ1) is 27.1. The van der Waals surface area contributed by atoms with E-state index in [1.54, 1.807) is 17.0 Å². The minimum absolute atomic E-state index is 0.130. The molecular weight excluding hydrogens is 499 g/mol. The van der Waals surface area contributed by atoms with E-state index in [2.05, 4.69) is 5.32 Å². The Morgan fingerprint density at radius 1 is 0.886 bits per heavy atom. The molecule has 0 aliphatic rings. The number of rotatable bonds is 9. The molecule has 7 heteroatoms. The second-order valence-electron chi connectivity index (χ2n) is 9.32. The Labute approximate surface area is 222 Å². The lowest BCUT2D eigenvalue weighted by molar-refractivity contribution is -0.140. The largest absolute Gasteiger partial charge is 0.350 e. The van der Waals surface area contributed by atoms with Crippen LogP contribution < -0.4 is 5.32 Å². The fraction of sp³-hybridized carbons (Fsp3) is 0.286. The van der Waals surface area contributed by atoms with Crippen LogP contribution in [0.3, 0.4) is 0 Å². The van der Waals surface area contributed by atoms with Crippen molar-refractivity contribution < 1.29 is 9.59 Å². The van der Waals surface area contributed by atoms with Crippen LogP contribution in [0.1, 0.15) is 31.9 Å². The fourth-order valence-electron chi connectivity index (χ4n) is 3.59. The molecule has 0 unspecified atom stereocenters. The third-order valence-electron chi connectivity index (χ3n) is 5.21. The number of nitrogens with zero attached hydrogens (tertiary/aromatic N) is 1. The molecule has 0 aliphatic carbocycles. The number of nitrogens with one attached hydrogen (secondary N) is 1. The van der Waals surface area contributed by atoms with Crippen LogP contribution in [-0.4, -0.2) is 34.0 Å². The number of hydrogen-bond donors (Lipinski definition) is 1. The van der Waals surface area contributed by atoms with Gasteiger partial charge in [0.2, 0.25) is 11.8 Å². The Hall–Kier alpha value is -2.47. The molecule has 0 saturated carbocycles. The molecule has 0 aliphatic heterocycles. The maximum absolute atomic E-state index is 13.6. The number of halogens is 2. The maximum atomic E-state index is 13.6. The van der Waals surface area contributed by atoms with Crippen molar-refractivity contribution in [2.24, 2.45) is 0 Å². The van der Waals surface area contributed by atoms with Crippen molar-refractivity contribution in [2.45, 2.75) is 50.2 Å². The molecule has 3 aromatic rings. The van der Waals surface area contributed by atoms with Crippen molar-refractivity contribution in [3.63, 3.8) is 0 Å². The van der Waals surface area contributed by atoms with Crippen LogP contribution in [0.4, 0.5) is 0 Å². The first-order valence-corrected chi connectivity index (χ1v) is 13.1. The maximum Gasteiger partial charge on any atom is 0.243 e. The molecule has 4 nitrogen and oxygen atoms in total. The van der Waals surface area contributed by atoms with E-state index in [0.717, 1.165) is 16.0 Å². The number of amides is 2. The fourth-order valence-corrected chi connectivity index (χ4v) is 4.71. The quantitative estimate of drug-likeness (QED) is 0.316. The standard InChI is InChI=1S/C28H30Cl2N2O2S/c1-28(2,3)31-27(34)25(17-20-10-6-4-7-11-20)32(18-21-14-15-23(29)24(30)16-21)26(33)19-35-22-12-8-5-9-13-22/h4-16,25H,17-19H2,1-3H3,(H,31,34)/t25-/m0/s1. The molecule has 0 bridgehead atoms. The average molecular weight is 530 g/mol. The van der Waals surface area contributed by atoms with Gasteiger partial charge in [0.1, 0.15) is 6.04 Å². The lowest BCUT2D eigenvalue weighted by atomic mass is 10.0. The van der Waals surface area contributed by atoms with Crippen LogP contribution in [0.5, 0.6) is 0 Å². The van der Waals surface area contributed by atoms with Gasteiger partial charge in [0.05, 0.1) is 15.8 Å². The normalized spacial score (nSPS) is 12.1. The van der Waals surface area contributed by atoms with E-state index in [1.807, 2.05) is 87.5 Å². The molecule has 0 heterocycles. The Balaban J connectivity index is 1.94. The van der Waals surface area contributed by atoms with E-state index in [-0.39, 0.29) is 24.1 Å². The molecule has 0 saturated heterocycles. The SMILES string of the molecule is CC(C)(C)NC(=O)[C@H](Cc1ccccc1)N(Cc1ccc(Cl)c(Cl)c1)C(=O)CSc1ccccc1. The van der Waals surface area contributed by atoms with E-state index < -0.39 is 11.6 Å². The van der Waals surface area contributed by atoms with Crippen LogP contribution in [-0.2, 0) is 22.6 Å². The summed E-state index contributed by atoms with van der Waals surface area (Å²) in [6.45, 7) is 6.03. The van der Waals surface area contributed by atoms with Gasteiger partial charge in [0.15, 0.2) is 0 Å². The van der Waals surface area contributed by atoms with E-state index >= 15 is 0 Å². The molecule has 35 heavy (non-hydrogen) atoms. The lowest BCUT2D eigenvalue weighted by Gasteiger charge is -2.34. The van der Waals surface area contributed by atoms with Crippen molar-refractivity contribution in [3.05, 3.63) is 100 Å². The summed E-state index contributed by atoms with van der Waals surface area (Å²) < 4.78 is 0. The van der Waals surface area contributed by atoms with Gasteiger partial charge in [-0.1, -0.05) is 77.8 Å². The summed E-state index contributed by atoms with van der Waals surface area (Å²) in [5.41, 5.74) is 1.34.